The van der Waals surface area contributed by atoms with Gasteiger partial charge in [0.2, 0.25) is 0 Å². The lowest BCUT2D eigenvalue weighted by atomic mass is 10.0. The summed E-state index contributed by atoms with van der Waals surface area (Å²) in [5.74, 6) is -1.66. The summed E-state index contributed by atoms with van der Waals surface area (Å²) < 4.78 is 15.7. The topological polar surface area (TPSA) is 115 Å². The molecule has 0 radical (unpaired) electrons. The van der Waals surface area contributed by atoms with E-state index in [1.54, 1.807) is 12.1 Å². The lowest BCUT2D eigenvalue weighted by Crippen LogP contribution is -2.32. The number of benzene rings is 1. The molecule has 3 heterocycles. The second-order valence-corrected chi connectivity index (χ2v) is 6.65. The smallest absolute Gasteiger partial charge is 0.327 e. The van der Waals surface area contributed by atoms with E-state index >= 15 is 0 Å². The van der Waals surface area contributed by atoms with Gasteiger partial charge in [-0.05, 0) is 24.1 Å². The van der Waals surface area contributed by atoms with Crippen LogP contribution < -0.4 is 5.56 Å². The molecule has 0 aliphatic carbocycles. The number of fused-ring (bicyclic) bond motifs is 3. The van der Waals surface area contributed by atoms with Gasteiger partial charge in [-0.15, -0.1) is 10.2 Å². The van der Waals surface area contributed by atoms with Crippen LogP contribution in [0, 0.1) is 5.82 Å². The van der Waals surface area contributed by atoms with E-state index in [-0.39, 0.29) is 22.7 Å². The average molecular weight is 414 g/mol. The molecule has 0 aliphatic rings. The number of aliphatic carboxylic acids is 1. The summed E-state index contributed by atoms with van der Waals surface area (Å²) in [5.41, 5.74) is 1.83. The maximum Gasteiger partial charge on any atom is 0.327 e. The van der Waals surface area contributed by atoms with Gasteiger partial charge in [-0.1, -0.05) is 19.1 Å². The molecule has 148 valence electrons. The number of hydrogen-bond acceptors (Lipinski definition) is 7. The van der Waals surface area contributed by atoms with Crippen LogP contribution in [0.3, 0.4) is 0 Å². The summed E-state index contributed by atoms with van der Waals surface area (Å²) in [6.45, 7) is 1.91. The summed E-state index contributed by atoms with van der Waals surface area (Å²) in [4.78, 5) is 28.4. The zero-order valence-corrected chi connectivity index (χ0v) is 16.0. The largest absolute Gasteiger partial charge is 0.480 e. The Bertz CT molecular complexity index is 1300. The van der Waals surface area contributed by atoms with Crippen molar-refractivity contribution in [3.05, 3.63) is 52.5 Å². The molecule has 0 spiro atoms. The molecular weight excluding hydrogens is 399 g/mol. The van der Waals surface area contributed by atoms with Gasteiger partial charge in [0, 0.05) is 5.75 Å². The summed E-state index contributed by atoms with van der Waals surface area (Å²) in [6.07, 6.45) is 1.71. The third kappa shape index (κ3) is 3.03. The first-order valence-corrected chi connectivity index (χ1v) is 9.34. The monoisotopic (exact) mass is 414 g/mol. The third-order valence-corrected chi connectivity index (χ3v) is 4.94. The first-order chi connectivity index (χ1) is 14.0. The Labute approximate surface area is 168 Å². The number of hydrogen-bond donors (Lipinski definition) is 2. The minimum absolute atomic E-state index is 0.0887. The van der Waals surface area contributed by atoms with Crippen LogP contribution in [-0.2, 0) is 11.2 Å². The van der Waals surface area contributed by atoms with Crippen molar-refractivity contribution in [2.24, 2.45) is 0 Å². The highest BCUT2D eigenvalue weighted by molar-refractivity contribution is 7.80. The Morgan fingerprint density at radius 1 is 1.24 bits per heavy atom. The molecule has 9 nitrogen and oxygen atoms in total. The molecule has 0 saturated carbocycles. The van der Waals surface area contributed by atoms with Crippen molar-refractivity contribution in [2.75, 3.05) is 5.75 Å². The quantitative estimate of drug-likeness (QED) is 0.478. The molecule has 11 heteroatoms. The van der Waals surface area contributed by atoms with Crippen LogP contribution in [-0.4, -0.2) is 46.2 Å². The molecule has 4 rings (SSSR count). The number of halogens is 1. The zero-order valence-electron chi connectivity index (χ0n) is 15.2. The van der Waals surface area contributed by atoms with Gasteiger partial charge in [0.05, 0.1) is 11.3 Å². The Morgan fingerprint density at radius 3 is 2.59 bits per heavy atom. The van der Waals surface area contributed by atoms with Gasteiger partial charge in [-0.3, -0.25) is 9.36 Å². The lowest BCUT2D eigenvalue weighted by molar-refractivity contribution is -0.140. The maximum atomic E-state index is 13.3. The van der Waals surface area contributed by atoms with Crippen molar-refractivity contribution < 1.29 is 14.3 Å². The first kappa shape index (κ1) is 19.0. The van der Waals surface area contributed by atoms with E-state index < -0.39 is 17.6 Å². The second kappa shape index (κ2) is 7.24. The van der Waals surface area contributed by atoms with E-state index in [9.17, 15) is 19.1 Å². The SMILES string of the molecule is CCc1nn2c(nnc3c(=O)n(C(CS)C(=O)O)cnc32)c1-c1ccc(F)cc1. The van der Waals surface area contributed by atoms with E-state index in [0.29, 0.717) is 28.9 Å². The number of rotatable bonds is 5. The van der Waals surface area contributed by atoms with Crippen LogP contribution in [0.15, 0.2) is 35.4 Å². The molecule has 1 N–H and O–H groups in total. The highest BCUT2D eigenvalue weighted by Gasteiger charge is 2.23. The van der Waals surface area contributed by atoms with Gasteiger partial charge < -0.3 is 5.11 Å². The second-order valence-electron chi connectivity index (χ2n) is 6.28. The van der Waals surface area contributed by atoms with Crippen molar-refractivity contribution in [1.29, 1.82) is 0 Å². The van der Waals surface area contributed by atoms with Crippen LogP contribution >= 0.6 is 12.6 Å². The van der Waals surface area contributed by atoms with Crippen molar-refractivity contribution in [3.63, 3.8) is 0 Å². The molecule has 4 aromatic rings. The number of nitrogens with zero attached hydrogens (tertiary/aromatic N) is 6. The molecule has 1 aromatic carbocycles. The van der Waals surface area contributed by atoms with Crippen LogP contribution in [0.4, 0.5) is 4.39 Å². The van der Waals surface area contributed by atoms with Crippen LogP contribution in [0.5, 0.6) is 0 Å². The van der Waals surface area contributed by atoms with E-state index in [0.717, 1.165) is 10.9 Å². The molecule has 1 atom stereocenters. The van der Waals surface area contributed by atoms with Gasteiger partial charge in [0.25, 0.3) is 5.56 Å². The number of carboxylic acids is 1. The minimum Gasteiger partial charge on any atom is -0.480 e. The summed E-state index contributed by atoms with van der Waals surface area (Å²) in [6, 6.07) is 4.74. The Hall–Kier alpha value is -3.34. The molecule has 1 unspecified atom stereocenters. The predicted octanol–water partition coefficient (Wildman–Crippen LogP) is 1.76. The lowest BCUT2D eigenvalue weighted by Gasteiger charge is -2.12. The minimum atomic E-state index is -1.21. The molecule has 0 amide bonds. The average Bonchev–Trinajstić information content (AvgIpc) is 3.09. The maximum absolute atomic E-state index is 13.3. The molecule has 3 aromatic heterocycles. The van der Waals surface area contributed by atoms with Gasteiger partial charge in [0.1, 0.15) is 18.2 Å². The Kier molecular flexibility index (Phi) is 4.74. The molecule has 0 bridgehead atoms. The predicted molar refractivity (Wildman–Crippen MR) is 106 cm³/mol. The zero-order chi connectivity index (χ0) is 20.7. The normalized spacial score (nSPS) is 12.5. The molecule has 0 aliphatic heterocycles. The standard InChI is InChI=1S/C18H15FN6O3S/c1-2-11-13(9-3-5-10(19)6-4-9)15-22-21-14-16(25(15)23-11)20-8-24(17(14)26)12(7-29)18(27)28/h3-6,8,12,29H,2,7H2,1H3,(H,27,28). The van der Waals surface area contributed by atoms with Crippen LogP contribution in [0.2, 0.25) is 0 Å². The molecule has 29 heavy (non-hydrogen) atoms. The highest BCUT2D eigenvalue weighted by Crippen LogP contribution is 2.28. The van der Waals surface area contributed by atoms with E-state index in [1.807, 2.05) is 6.92 Å². The van der Waals surface area contributed by atoms with Crippen LogP contribution in [0.25, 0.3) is 27.9 Å². The highest BCUT2D eigenvalue weighted by atomic mass is 32.1. The molecule has 0 fully saturated rings. The molecular formula is C18H15FN6O3S. The van der Waals surface area contributed by atoms with Gasteiger partial charge in [0.15, 0.2) is 16.8 Å². The summed E-state index contributed by atoms with van der Waals surface area (Å²) in [7, 11) is 0. The van der Waals surface area contributed by atoms with E-state index in [2.05, 4.69) is 32.9 Å². The Morgan fingerprint density at radius 2 is 1.97 bits per heavy atom. The number of carboxylic acid groups (broad SMARTS) is 1. The van der Waals surface area contributed by atoms with Gasteiger partial charge in [-0.25, -0.2) is 14.2 Å². The number of aryl methyl sites for hydroxylation is 1. The number of thiol groups is 1. The fourth-order valence-corrected chi connectivity index (χ4v) is 3.48. The van der Waals surface area contributed by atoms with Crippen LogP contribution in [0.1, 0.15) is 18.7 Å². The van der Waals surface area contributed by atoms with Gasteiger partial charge >= 0.3 is 5.97 Å². The summed E-state index contributed by atoms with van der Waals surface area (Å²) in [5, 5.41) is 21.9. The summed E-state index contributed by atoms with van der Waals surface area (Å²) >= 11 is 4.00. The van der Waals surface area contributed by atoms with E-state index in [4.69, 9.17) is 0 Å². The van der Waals surface area contributed by atoms with E-state index in [1.165, 1.54) is 16.6 Å². The van der Waals surface area contributed by atoms with Crippen molar-refractivity contribution >= 4 is 35.4 Å². The van der Waals surface area contributed by atoms with Crippen molar-refractivity contribution in [1.82, 2.24) is 29.4 Å². The first-order valence-electron chi connectivity index (χ1n) is 8.71. The fraction of sp³-hybridized carbons (Fsp3) is 0.222. The number of aromatic nitrogens is 6. The van der Waals surface area contributed by atoms with Gasteiger partial charge in [-0.2, -0.15) is 22.2 Å². The van der Waals surface area contributed by atoms with Crippen molar-refractivity contribution in [2.45, 2.75) is 19.4 Å². The van der Waals surface area contributed by atoms with Crippen molar-refractivity contribution in [3.8, 4) is 11.1 Å². The Balaban J connectivity index is 2.00. The third-order valence-electron chi connectivity index (χ3n) is 4.59. The fourth-order valence-electron chi connectivity index (χ4n) is 3.15. The number of carbonyl (C=O) groups is 1. The molecule has 0 saturated heterocycles.